The van der Waals surface area contributed by atoms with Crippen molar-refractivity contribution in [2.24, 2.45) is 7.05 Å². The van der Waals surface area contributed by atoms with E-state index in [9.17, 15) is 4.79 Å². The number of anilines is 1. The van der Waals surface area contributed by atoms with Crippen LogP contribution in [-0.2, 0) is 18.3 Å². The van der Waals surface area contributed by atoms with Crippen molar-refractivity contribution < 1.29 is 4.79 Å². The van der Waals surface area contributed by atoms with E-state index >= 15 is 0 Å². The number of benzene rings is 1. The molecule has 0 saturated carbocycles. The predicted molar refractivity (Wildman–Crippen MR) is 90.1 cm³/mol. The minimum absolute atomic E-state index is 0.138. The van der Waals surface area contributed by atoms with E-state index in [1.54, 1.807) is 0 Å². The van der Waals surface area contributed by atoms with Gasteiger partial charge in [0.25, 0.3) is 0 Å². The quantitative estimate of drug-likeness (QED) is 0.820. The van der Waals surface area contributed by atoms with Crippen LogP contribution < -0.4 is 4.90 Å². The number of nitrogens with zero attached hydrogens (tertiary/aromatic N) is 3. The van der Waals surface area contributed by atoms with Gasteiger partial charge >= 0.3 is 0 Å². The normalized spacial score (nSPS) is 10.7. The van der Waals surface area contributed by atoms with Crippen LogP contribution in [0.3, 0.4) is 0 Å². The van der Waals surface area contributed by atoms with Crippen LogP contribution in [0.1, 0.15) is 36.7 Å². The first-order valence-corrected chi connectivity index (χ1v) is 7.89. The number of amides is 1. The average molecular weight is 299 g/mol. The van der Waals surface area contributed by atoms with Crippen molar-refractivity contribution in [1.29, 1.82) is 0 Å². The Hall–Kier alpha value is -2.10. The lowest BCUT2D eigenvalue weighted by molar-refractivity contribution is -0.118. The van der Waals surface area contributed by atoms with Gasteiger partial charge in [0.2, 0.25) is 5.91 Å². The van der Waals surface area contributed by atoms with E-state index in [4.69, 9.17) is 0 Å². The molecule has 0 bridgehead atoms. The van der Waals surface area contributed by atoms with Crippen molar-refractivity contribution in [3.63, 3.8) is 0 Å². The van der Waals surface area contributed by atoms with Gasteiger partial charge < -0.3 is 4.90 Å². The van der Waals surface area contributed by atoms with Crippen LogP contribution in [0.15, 0.2) is 30.3 Å². The van der Waals surface area contributed by atoms with Crippen LogP contribution in [0, 0.1) is 13.8 Å². The average Bonchev–Trinajstić information content (AvgIpc) is 2.75. The molecule has 0 spiro atoms. The highest BCUT2D eigenvalue weighted by molar-refractivity contribution is 5.95. The summed E-state index contributed by atoms with van der Waals surface area (Å²) in [6, 6.07) is 9.92. The first kappa shape index (κ1) is 16.3. The third-order valence-corrected chi connectivity index (χ3v) is 4.09. The zero-order valence-electron chi connectivity index (χ0n) is 14.0. The van der Waals surface area contributed by atoms with Crippen LogP contribution in [0.4, 0.5) is 5.69 Å². The lowest BCUT2D eigenvalue weighted by Crippen LogP contribution is -2.33. The molecule has 0 saturated heterocycles. The van der Waals surface area contributed by atoms with Crippen LogP contribution in [-0.4, -0.2) is 22.2 Å². The molecule has 0 N–H and O–H groups in total. The van der Waals surface area contributed by atoms with Gasteiger partial charge in [-0.25, -0.2) is 0 Å². The highest BCUT2D eigenvalue weighted by Gasteiger charge is 2.19. The number of aryl methyl sites for hydroxylation is 2. The van der Waals surface area contributed by atoms with E-state index in [2.05, 4.69) is 12.0 Å². The Bertz CT molecular complexity index is 631. The molecule has 0 aliphatic heterocycles. The Balaban J connectivity index is 2.22. The van der Waals surface area contributed by atoms with Crippen molar-refractivity contribution in [3.05, 3.63) is 47.3 Å². The number of hydrogen-bond acceptors (Lipinski definition) is 2. The van der Waals surface area contributed by atoms with E-state index < -0.39 is 0 Å². The van der Waals surface area contributed by atoms with E-state index in [0.717, 1.165) is 42.0 Å². The van der Waals surface area contributed by atoms with Gasteiger partial charge in [0.15, 0.2) is 0 Å². The molecule has 22 heavy (non-hydrogen) atoms. The summed E-state index contributed by atoms with van der Waals surface area (Å²) in [5.41, 5.74) is 4.02. The Morgan fingerprint density at radius 3 is 2.45 bits per heavy atom. The number of hydrogen-bond donors (Lipinski definition) is 0. The molecular weight excluding hydrogens is 274 g/mol. The zero-order valence-corrected chi connectivity index (χ0v) is 14.0. The highest BCUT2D eigenvalue weighted by Crippen LogP contribution is 2.19. The third-order valence-electron chi connectivity index (χ3n) is 4.09. The Labute approximate surface area is 132 Å². The molecule has 0 aliphatic carbocycles. The molecule has 1 heterocycles. The van der Waals surface area contributed by atoms with Gasteiger partial charge in [0.05, 0.1) is 12.1 Å². The van der Waals surface area contributed by atoms with Gasteiger partial charge in [-0.05, 0) is 32.4 Å². The summed E-state index contributed by atoms with van der Waals surface area (Å²) >= 11 is 0. The highest BCUT2D eigenvalue weighted by atomic mass is 16.2. The van der Waals surface area contributed by atoms with E-state index in [-0.39, 0.29) is 5.91 Å². The second-order valence-corrected chi connectivity index (χ2v) is 5.68. The molecule has 2 aromatic rings. The van der Waals surface area contributed by atoms with Crippen molar-refractivity contribution in [3.8, 4) is 0 Å². The molecule has 4 heteroatoms. The van der Waals surface area contributed by atoms with Crippen LogP contribution >= 0.6 is 0 Å². The van der Waals surface area contributed by atoms with Gasteiger partial charge in [-0.2, -0.15) is 5.10 Å². The predicted octanol–water partition coefficient (Wildman–Crippen LogP) is 3.41. The minimum atomic E-state index is 0.138. The van der Waals surface area contributed by atoms with Crippen LogP contribution in [0.2, 0.25) is 0 Å². The number of carbonyl (C=O) groups is 1. The van der Waals surface area contributed by atoms with Crippen LogP contribution in [0.5, 0.6) is 0 Å². The topological polar surface area (TPSA) is 38.1 Å². The van der Waals surface area contributed by atoms with Crippen LogP contribution in [0.25, 0.3) is 0 Å². The molecule has 2 rings (SSSR count). The zero-order chi connectivity index (χ0) is 16.1. The van der Waals surface area contributed by atoms with Crippen molar-refractivity contribution in [1.82, 2.24) is 9.78 Å². The number of unbranched alkanes of at least 4 members (excludes halogenated alkanes) is 1. The van der Waals surface area contributed by atoms with Gasteiger partial charge in [0, 0.05) is 30.5 Å². The maximum atomic E-state index is 12.8. The summed E-state index contributed by atoms with van der Waals surface area (Å²) in [6.45, 7) is 6.89. The molecule has 0 radical (unpaired) electrons. The standard InChI is InChI=1S/C18H25N3O/c1-5-6-12-21(16-10-8-7-9-11-16)18(22)13-17-14(2)19-20(4)15(17)3/h7-11H,5-6,12-13H2,1-4H3. The summed E-state index contributed by atoms with van der Waals surface area (Å²) in [4.78, 5) is 14.7. The van der Waals surface area contributed by atoms with Gasteiger partial charge in [-0.3, -0.25) is 9.48 Å². The van der Waals surface area contributed by atoms with Crippen molar-refractivity contribution in [2.45, 2.75) is 40.0 Å². The Morgan fingerprint density at radius 1 is 1.23 bits per heavy atom. The fourth-order valence-corrected chi connectivity index (χ4v) is 2.64. The number of para-hydroxylation sites is 1. The van der Waals surface area contributed by atoms with Gasteiger partial charge in [0.1, 0.15) is 0 Å². The fraction of sp³-hybridized carbons (Fsp3) is 0.444. The first-order chi connectivity index (χ1) is 10.5. The number of rotatable bonds is 6. The lowest BCUT2D eigenvalue weighted by Gasteiger charge is -2.23. The van der Waals surface area contributed by atoms with Crippen molar-refractivity contribution >= 4 is 11.6 Å². The molecule has 0 unspecified atom stereocenters. The summed E-state index contributed by atoms with van der Waals surface area (Å²) < 4.78 is 1.84. The molecule has 0 atom stereocenters. The lowest BCUT2D eigenvalue weighted by atomic mass is 10.1. The Morgan fingerprint density at radius 2 is 1.91 bits per heavy atom. The summed E-state index contributed by atoms with van der Waals surface area (Å²) in [6.07, 6.45) is 2.48. The molecule has 1 aromatic heterocycles. The summed E-state index contributed by atoms with van der Waals surface area (Å²) in [7, 11) is 1.92. The van der Waals surface area contributed by atoms with E-state index in [1.807, 2.05) is 60.8 Å². The molecule has 0 aliphatic rings. The third kappa shape index (κ3) is 3.56. The van der Waals surface area contributed by atoms with E-state index in [1.165, 1.54) is 0 Å². The maximum absolute atomic E-state index is 12.8. The van der Waals surface area contributed by atoms with Crippen molar-refractivity contribution in [2.75, 3.05) is 11.4 Å². The summed E-state index contributed by atoms with van der Waals surface area (Å²) in [5, 5.41) is 4.40. The SMILES string of the molecule is CCCCN(C(=O)Cc1c(C)nn(C)c1C)c1ccccc1. The minimum Gasteiger partial charge on any atom is -0.312 e. The van der Waals surface area contributed by atoms with Gasteiger partial charge in [-0.15, -0.1) is 0 Å². The molecule has 0 fully saturated rings. The molecule has 118 valence electrons. The smallest absolute Gasteiger partial charge is 0.231 e. The monoisotopic (exact) mass is 299 g/mol. The summed E-state index contributed by atoms with van der Waals surface area (Å²) in [5.74, 6) is 0.138. The fourth-order valence-electron chi connectivity index (χ4n) is 2.64. The Kier molecular flexibility index (Phi) is 5.36. The number of aromatic nitrogens is 2. The second kappa shape index (κ2) is 7.25. The molecular formula is C18H25N3O. The molecule has 1 amide bonds. The number of carbonyl (C=O) groups excluding carboxylic acids is 1. The molecule has 1 aromatic carbocycles. The van der Waals surface area contributed by atoms with E-state index in [0.29, 0.717) is 6.42 Å². The van der Waals surface area contributed by atoms with Gasteiger partial charge in [-0.1, -0.05) is 31.5 Å². The largest absolute Gasteiger partial charge is 0.312 e. The molecule has 4 nitrogen and oxygen atoms in total. The maximum Gasteiger partial charge on any atom is 0.231 e. The second-order valence-electron chi connectivity index (χ2n) is 5.68. The first-order valence-electron chi connectivity index (χ1n) is 7.89.